The van der Waals surface area contributed by atoms with Crippen LogP contribution in [0.3, 0.4) is 0 Å². The Bertz CT molecular complexity index is 922. The van der Waals surface area contributed by atoms with Crippen LogP contribution in [0.5, 0.6) is 0 Å². The molecule has 0 atom stereocenters. The largest absolute Gasteiger partial charge is 0.393 e. The molecule has 2 aromatic carbocycles. The summed E-state index contributed by atoms with van der Waals surface area (Å²) in [6.45, 7) is 4.14. The highest BCUT2D eigenvalue weighted by Gasteiger charge is 2.08. The van der Waals surface area contributed by atoms with Crippen LogP contribution in [0.1, 0.15) is 18.1 Å². The molecule has 0 saturated carbocycles. The number of aromatic nitrogens is 2. The fourth-order valence-corrected chi connectivity index (χ4v) is 2.50. The summed E-state index contributed by atoms with van der Waals surface area (Å²) in [5.74, 6) is 0.978. The van der Waals surface area contributed by atoms with E-state index in [1.807, 2.05) is 12.1 Å². The number of carbonyl (C=O) groups is 1. The standard InChI is InChI=1S/C20H22N6O/c1-13-3-5-15(6-4-13)11-22-19-18(21)20(24-12-23-19)26-17-9-7-16(8-10-17)25-14(2)27/h3-10,12H,11,21H2,1-2H3,(H,25,27)(H2,22,23,24,26). The monoisotopic (exact) mass is 362 g/mol. The molecule has 5 N–H and O–H groups in total. The van der Waals surface area contributed by atoms with Crippen molar-refractivity contribution in [1.29, 1.82) is 0 Å². The SMILES string of the molecule is CC(=O)Nc1ccc(Nc2ncnc(NCc3ccc(C)cc3)c2N)cc1. The van der Waals surface area contributed by atoms with Crippen LogP contribution in [0.25, 0.3) is 0 Å². The summed E-state index contributed by atoms with van der Waals surface area (Å²) in [6, 6.07) is 15.6. The number of nitrogens with zero attached hydrogens (tertiary/aromatic N) is 2. The third-order valence-electron chi connectivity index (χ3n) is 3.93. The van der Waals surface area contributed by atoms with Gasteiger partial charge >= 0.3 is 0 Å². The predicted octanol–water partition coefficient (Wildman–Crippen LogP) is 3.68. The number of nitrogen functional groups attached to an aromatic ring is 1. The zero-order valence-corrected chi connectivity index (χ0v) is 15.3. The normalized spacial score (nSPS) is 10.3. The molecule has 0 unspecified atom stereocenters. The average Bonchev–Trinajstić information content (AvgIpc) is 2.65. The predicted molar refractivity (Wildman–Crippen MR) is 109 cm³/mol. The third kappa shape index (κ3) is 4.94. The van der Waals surface area contributed by atoms with Crippen LogP contribution in [0.2, 0.25) is 0 Å². The van der Waals surface area contributed by atoms with Gasteiger partial charge in [0.05, 0.1) is 0 Å². The molecule has 1 heterocycles. The number of aryl methyl sites for hydroxylation is 1. The van der Waals surface area contributed by atoms with Crippen molar-refractivity contribution in [3.63, 3.8) is 0 Å². The lowest BCUT2D eigenvalue weighted by Crippen LogP contribution is -2.08. The Morgan fingerprint density at radius 3 is 2.26 bits per heavy atom. The van der Waals surface area contributed by atoms with Gasteiger partial charge in [0.2, 0.25) is 5.91 Å². The third-order valence-corrected chi connectivity index (χ3v) is 3.93. The molecule has 138 valence electrons. The summed E-state index contributed by atoms with van der Waals surface area (Å²) in [4.78, 5) is 19.5. The van der Waals surface area contributed by atoms with Crippen LogP contribution in [0.15, 0.2) is 54.9 Å². The molecule has 7 nitrogen and oxygen atoms in total. The number of hydrogen-bond donors (Lipinski definition) is 4. The number of rotatable bonds is 6. The number of benzene rings is 2. The minimum Gasteiger partial charge on any atom is -0.393 e. The van der Waals surface area contributed by atoms with Gasteiger partial charge in [0, 0.05) is 24.8 Å². The molecule has 3 aromatic rings. The molecular formula is C20H22N6O. The number of nitrogens with one attached hydrogen (secondary N) is 3. The van der Waals surface area contributed by atoms with E-state index >= 15 is 0 Å². The van der Waals surface area contributed by atoms with Crippen molar-refractivity contribution in [2.24, 2.45) is 0 Å². The first-order chi connectivity index (χ1) is 13.0. The van der Waals surface area contributed by atoms with Crippen molar-refractivity contribution in [3.05, 3.63) is 66.0 Å². The van der Waals surface area contributed by atoms with E-state index in [1.54, 1.807) is 12.1 Å². The second-order valence-corrected chi connectivity index (χ2v) is 6.21. The Morgan fingerprint density at radius 1 is 0.963 bits per heavy atom. The van der Waals surface area contributed by atoms with Crippen molar-refractivity contribution in [3.8, 4) is 0 Å². The summed E-state index contributed by atoms with van der Waals surface area (Å²) >= 11 is 0. The number of carbonyl (C=O) groups excluding carboxylic acids is 1. The second-order valence-electron chi connectivity index (χ2n) is 6.21. The summed E-state index contributed by atoms with van der Waals surface area (Å²) < 4.78 is 0. The molecule has 0 aliphatic heterocycles. The smallest absolute Gasteiger partial charge is 0.221 e. The number of hydrogen-bond acceptors (Lipinski definition) is 6. The fraction of sp³-hybridized carbons (Fsp3) is 0.150. The summed E-state index contributed by atoms with van der Waals surface area (Å²) in [7, 11) is 0. The summed E-state index contributed by atoms with van der Waals surface area (Å²) in [5, 5.41) is 9.14. The minimum atomic E-state index is -0.111. The molecule has 0 bridgehead atoms. The van der Waals surface area contributed by atoms with Gasteiger partial charge < -0.3 is 21.7 Å². The van der Waals surface area contributed by atoms with E-state index in [0.29, 0.717) is 23.9 Å². The van der Waals surface area contributed by atoms with Crippen LogP contribution in [0, 0.1) is 6.92 Å². The fourth-order valence-electron chi connectivity index (χ4n) is 2.50. The van der Waals surface area contributed by atoms with Crippen molar-refractivity contribution in [1.82, 2.24) is 9.97 Å². The molecule has 0 saturated heterocycles. The molecule has 0 spiro atoms. The lowest BCUT2D eigenvalue weighted by Gasteiger charge is -2.13. The first-order valence-electron chi connectivity index (χ1n) is 8.56. The zero-order valence-electron chi connectivity index (χ0n) is 15.3. The maximum Gasteiger partial charge on any atom is 0.221 e. The molecule has 0 aliphatic rings. The number of nitrogens with two attached hydrogens (primary N) is 1. The van der Waals surface area contributed by atoms with Crippen LogP contribution in [0.4, 0.5) is 28.7 Å². The summed E-state index contributed by atoms with van der Waals surface area (Å²) in [6.07, 6.45) is 1.46. The van der Waals surface area contributed by atoms with Crippen LogP contribution >= 0.6 is 0 Å². The van der Waals surface area contributed by atoms with E-state index in [1.165, 1.54) is 18.8 Å². The first kappa shape index (κ1) is 18.2. The van der Waals surface area contributed by atoms with Crippen molar-refractivity contribution < 1.29 is 4.79 Å². The van der Waals surface area contributed by atoms with Gasteiger partial charge in [0.1, 0.15) is 12.0 Å². The Labute approximate surface area is 158 Å². The highest BCUT2D eigenvalue weighted by Crippen LogP contribution is 2.26. The van der Waals surface area contributed by atoms with Gasteiger partial charge in [-0.2, -0.15) is 0 Å². The van der Waals surface area contributed by atoms with Gasteiger partial charge in [0.25, 0.3) is 0 Å². The van der Waals surface area contributed by atoms with E-state index in [0.717, 1.165) is 16.9 Å². The Hall–Kier alpha value is -3.61. The first-order valence-corrected chi connectivity index (χ1v) is 8.56. The van der Waals surface area contributed by atoms with E-state index in [4.69, 9.17) is 5.73 Å². The molecule has 0 aliphatic carbocycles. The average molecular weight is 362 g/mol. The molecule has 1 amide bonds. The Morgan fingerprint density at radius 2 is 1.59 bits per heavy atom. The zero-order chi connectivity index (χ0) is 19.2. The van der Waals surface area contributed by atoms with E-state index < -0.39 is 0 Å². The quantitative estimate of drug-likeness (QED) is 0.533. The molecule has 7 heteroatoms. The summed E-state index contributed by atoms with van der Waals surface area (Å²) in [5.41, 5.74) is 10.5. The molecule has 27 heavy (non-hydrogen) atoms. The lowest BCUT2D eigenvalue weighted by molar-refractivity contribution is -0.114. The van der Waals surface area contributed by atoms with E-state index in [-0.39, 0.29) is 5.91 Å². The van der Waals surface area contributed by atoms with Gasteiger partial charge in [0.15, 0.2) is 11.6 Å². The second kappa shape index (κ2) is 8.18. The van der Waals surface area contributed by atoms with Gasteiger partial charge in [-0.1, -0.05) is 29.8 Å². The molecule has 3 rings (SSSR count). The number of amides is 1. The van der Waals surface area contributed by atoms with Gasteiger partial charge in [-0.15, -0.1) is 0 Å². The van der Waals surface area contributed by atoms with E-state index in [9.17, 15) is 4.79 Å². The van der Waals surface area contributed by atoms with Crippen molar-refractivity contribution >= 4 is 34.6 Å². The lowest BCUT2D eigenvalue weighted by atomic mass is 10.1. The van der Waals surface area contributed by atoms with Crippen LogP contribution in [-0.4, -0.2) is 15.9 Å². The van der Waals surface area contributed by atoms with Crippen molar-refractivity contribution in [2.45, 2.75) is 20.4 Å². The van der Waals surface area contributed by atoms with Gasteiger partial charge in [-0.05, 0) is 36.8 Å². The Kier molecular flexibility index (Phi) is 5.51. The molecule has 1 aromatic heterocycles. The maximum atomic E-state index is 11.1. The highest BCUT2D eigenvalue weighted by atomic mass is 16.1. The number of anilines is 5. The van der Waals surface area contributed by atoms with Crippen LogP contribution < -0.4 is 21.7 Å². The Balaban J connectivity index is 1.68. The minimum absolute atomic E-state index is 0.111. The highest BCUT2D eigenvalue weighted by molar-refractivity contribution is 5.89. The maximum absolute atomic E-state index is 11.1. The molecule has 0 fully saturated rings. The van der Waals surface area contributed by atoms with Gasteiger partial charge in [-0.3, -0.25) is 4.79 Å². The van der Waals surface area contributed by atoms with E-state index in [2.05, 4.69) is 57.1 Å². The molecule has 0 radical (unpaired) electrons. The van der Waals surface area contributed by atoms with Crippen molar-refractivity contribution in [2.75, 3.05) is 21.7 Å². The van der Waals surface area contributed by atoms with Crippen LogP contribution in [-0.2, 0) is 11.3 Å². The topological polar surface area (TPSA) is 105 Å². The molecular weight excluding hydrogens is 340 g/mol. The van der Waals surface area contributed by atoms with Gasteiger partial charge in [-0.25, -0.2) is 9.97 Å².